The molecule has 37 heavy (non-hydrogen) atoms. The maximum atomic E-state index is 8.60. The summed E-state index contributed by atoms with van der Waals surface area (Å²) in [7, 11) is 0. The first kappa shape index (κ1) is 36.5. The molecule has 0 aromatic rings. The molecule has 0 bridgehead atoms. The molecule has 12 heteroatoms. The Hall–Kier alpha value is -0.480. The van der Waals surface area contributed by atoms with Gasteiger partial charge in [0.2, 0.25) is 0 Å². The van der Waals surface area contributed by atoms with Gasteiger partial charge in [-0.25, -0.2) is 0 Å². The number of ether oxygens (including phenoxy) is 10. The summed E-state index contributed by atoms with van der Waals surface area (Å²) in [6.07, 6.45) is 3.06. The highest BCUT2D eigenvalue weighted by Crippen LogP contribution is 1.96. The van der Waals surface area contributed by atoms with Crippen LogP contribution in [0.2, 0.25) is 0 Å². The number of aliphatic hydroxyl groups excluding tert-OH is 1. The van der Waals surface area contributed by atoms with Crippen molar-refractivity contribution >= 4 is 0 Å². The van der Waals surface area contributed by atoms with Crippen molar-refractivity contribution in [3.05, 3.63) is 0 Å². The molecule has 0 saturated heterocycles. The Morgan fingerprint density at radius 2 is 0.541 bits per heavy atom. The third-order valence-corrected chi connectivity index (χ3v) is 4.55. The molecule has 0 unspecified atom stereocenters. The summed E-state index contributed by atoms with van der Waals surface area (Å²) < 4.78 is 53.9. The monoisotopic (exact) mass is 543 g/mol. The van der Waals surface area contributed by atoms with Crippen LogP contribution in [0.4, 0.5) is 0 Å². The van der Waals surface area contributed by atoms with Crippen LogP contribution >= 0.6 is 0 Å². The number of hydrogen-bond acceptors (Lipinski definition) is 12. The van der Waals surface area contributed by atoms with Crippen molar-refractivity contribution in [1.29, 1.82) is 0 Å². The molecule has 0 aliphatic heterocycles. The van der Waals surface area contributed by atoms with Gasteiger partial charge in [0.25, 0.3) is 0 Å². The van der Waals surface area contributed by atoms with Gasteiger partial charge in [-0.3, -0.25) is 0 Å². The van der Waals surface area contributed by atoms with Crippen LogP contribution in [0.5, 0.6) is 0 Å². The number of rotatable bonds is 34. The first-order valence-electron chi connectivity index (χ1n) is 13.5. The first-order valence-corrected chi connectivity index (χ1v) is 13.5. The lowest BCUT2D eigenvalue weighted by Crippen LogP contribution is -2.15. The number of unbranched alkanes of at least 4 members (excludes halogenated alkanes) is 2. The summed E-state index contributed by atoms with van der Waals surface area (Å²) in [5.41, 5.74) is 5.32. The molecule has 224 valence electrons. The SMILES string of the molecule is NCCOCCOCCOCCOCCOCCOCCOCCOCCOCCCCCOCCO. The Morgan fingerprint density at radius 1 is 0.297 bits per heavy atom. The molecular weight excluding hydrogens is 490 g/mol. The van der Waals surface area contributed by atoms with Crippen LogP contribution in [0.1, 0.15) is 19.3 Å². The highest BCUT2D eigenvalue weighted by molar-refractivity contribution is 4.42. The topological polar surface area (TPSA) is 139 Å². The molecule has 0 atom stereocenters. The quantitative estimate of drug-likeness (QED) is 0.108. The minimum Gasteiger partial charge on any atom is -0.394 e. The van der Waals surface area contributed by atoms with Gasteiger partial charge >= 0.3 is 0 Å². The second-order valence-electron chi connectivity index (χ2n) is 7.70. The van der Waals surface area contributed by atoms with E-state index in [9.17, 15) is 0 Å². The normalized spacial score (nSPS) is 11.5. The van der Waals surface area contributed by atoms with Crippen LogP contribution in [0, 0.1) is 0 Å². The van der Waals surface area contributed by atoms with E-state index in [0.29, 0.717) is 132 Å². The highest BCUT2D eigenvalue weighted by atomic mass is 16.6. The molecule has 0 aromatic carbocycles. The lowest BCUT2D eigenvalue weighted by atomic mass is 10.2. The summed E-state index contributed by atoms with van der Waals surface area (Å²) in [5.74, 6) is 0. The fraction of sp³-hybridized carbons (Fsp3) is 1.00. The standard InChI is InChI=1S/C25H53NO11/c26-4-8-30-11-13-32-15-17-34-19-21-36-23-25-37-24-22-35-20-18-33-16-14-31-12-10-29-7-3-1-2-6-28-9-5-27/h27H,1-26H2. The van der Waals surface area contributed by atoms with Gasteiger partial charge in [-0.1, -0.05) is 0 Å². The largest absolute Gasteiger partial charge is 0.394 e. The van der Waals surface area contributed by atoms with Crippen molar-refractivity contribution in [1.82, 2.24) is 0 Å². The van der Waals surface area contributed by atoms with Gasteiger partial charge in [-0.15, -0.1) is 0 Å². The van der Waals surface area contributed by atoms with Crippen LogP contribution in [-0.2, 0) is 47.4 Å². The maximum absolute atomic E-state index is 8.60. The number of hydrogen-bond donors (Lipinski definition) is 2. The molecule has 0 radical (unpaired) electrons. The average molecular weight is 544 g/mol. The van der Waals surface area contributed by atoms with Gasteiger partial charge in [0.1, 0.15) is 0 Å². The minimum absolute atomic E-state index is 0.0824. The van der Waals surface area contributed by atoms with E-state index in [-0.39, 0.29) is 6.61 Å². The second kappa shape index (κ2) is 35.5. The van der Waals surface area contributed by atoms with Crippen molar-refractivity contribution in [3.63, 3.8) is 0 Å². The third-order valence-electron chi connectivity index (χ3n) is 4.55. The van der Waals surface area contributed by atoms with Gasteiger partial charge in [-0.05, 0) is 19.3 Å². The van der Waals surface area contributed by atoms with Gasteiger partial charge in [-0.2, -0.15) is 0 Å². The van der Waals surface area contributed by atoms with E-state index < -0.39 is 0 Å². The zero-order valence-corrected chi connectivity index (χ0v) is 22.8. The summed E-state index contributed by atoms with van der Waals surface area (Å²) in [6.45, 7) is 11.6. The fourth-order valence-electron chi connectivity index (χ4n) is 2.70. The minimum atomic E-state index is 0.0824. The molecule has 0 aliphatic carbocycles. The van der Waals surface area contributed by atoms with Crippen molar-refractivity contribution in [2.45, 2.75) is 19.3 Å². The van der Waals surface area contributed by atoms with Crippen molar-refractivity contribution in [2.24, 2.45) is 5.73 Å². The summed E-state index contributed by atoms with van der Waals surface area (Å²) in [6, 6.07) is 0. The lowest BCUT2D eigenvalue weighted by Gasteiger charge is -2.09. The van der Waals surface area contributed by atoms with Crippen LogP contribution in [0.15, 0.2) is 0 Å². The smallest absolute Gasteiger partial charge is 0.0701 e. The Kier molecular flexibility index (Phi) is 35.1. The first-order chi connectivity index (χ1) is 18.4. The lowest BCUT2D eigenvalue weighted by molar-refractivity contribution is -0.0249. The van der Waals surface area contributed by atoms with E-state index >= 15 is 0 Å². The molecule has 12 nitrogen and oxygen atoms in total. The Balaban J connectivity index is 3.00. The molecule has 3 N–H and O–H groups in total. The third kappa shape index (κ3) is 35.5. The predicted octanol–water partition coefficient (Wildman–Crippen LogP) is 0.274. The molecule has 0 aromatic heterocycles. The molecule has 0 spiro atoms. The van der Waals surface area contributed by atoms with Gasteiger partial charge in [0.05, 0.1) is 126 Å². The maximum Gasteiger partial charge on any atom is 0.0701 e. The van der Waals surface area contributed by atoms with Crippen LogP contribution in [0.25, 0.3) is 0 Å². The molecule has 0 heterocycles. The van der Waals surface area contributed by atoms with E-state index in [0.717, 1.165) is 25.9 Å². The van der Waals surface area contributed by atoms with Gasteiger partial charge in [0.15, 0.2) is 0 Å². The van der Waals surface area contributed by atoms with Crippen LogP contribution in [0.3, 0.4) is 0 Å². The predicted molar refractivity (Wildman–Crippen MR) is 138 cm³/mol. The van der Waals surface area contributed by atoms with Crippen LogP contribution < -0.4 is 5.73 Å². The van der Waals surface area contributed by atoms with E-state index in [4.69, 9.17) is 58.2 Å². The molecular formula is C25H53NO11. The molecule has 0 fully saturated rings. The van der Waals surface area contributed by atoms with E-state index in [1.807, 2.05) is 0 Å². The molecule has 0 amide bonds. The van der Waals surface area contributed by atoms with Gasteiger partial charge < -0.3 is 58.2 Å². The second-order valence-corrected chi connectivity index (χ2v) is 7.70. The van der Waals surface area contributed by atoms with Crippen molar-refractivity contribution in [2.75, 3.05) is 145 Å². The molecule has 0 aliphatic rings. The Labute approximate surface area is 223 Å². The fourth-order valence-corrected chi connectivity index (χ4v) is 2.70. The highest BCUT2D eigenvalue weighted by Gasteiger charge is 1.96. The van der Waals surface area contributed by atoms with Crippen molar-refractivity contribution in [3.8, 4) is 0 Å². The van der Waals surface area contributed by atoms with Gasteiger partial charge in [0, 0.05) is 19.8 Å². The Morgan fingerprint density at radius 3 is 0.811 bits per heavy atom. The van der Waals surface area contributed by atoms with E-state index in [2.05, 4.69) is 0 Å². The van der Waals surface area contributed by atoms with E-state index in [1.165, 1.54) is 0 Å². The molecule has 0 rings (SSSR count). The number of nitrogens with two attached hydrogens (primary N) is 1. The summed E-state index contributed by atoms with van der Waals surface area (Å²) in [5, 5.41) is 8.60. The summed E-state index contributed by atoms with van der Waals surface area (Å²) in [4.78, 5) is 0. The summed E-state index contributed by atoms with van der Waals surface area (Å²) >= 11 is 0. The number of aliphatic hydroxyl groups is 1. The zero-order chi connectivity index (χ0) is 26.7. The Bertz CT molecular complexity index is 364. The van der Waals surface area contributed by atoms with Crippen LogP contribution in [-0.4, -0.2) is 150 Å². The van der Waals surface area contributed by atoms with E-state index in [1.54, 1.807) is 0 Å². The zero-order valence-electron chi connectivity index (χ0n) is 22.8. The average Bonchev–Trinajstić information content (AvgIpc) is 2.91. The van der Waals surface area contributed by atoms with Crippen molar-refractivity contribution < 1.29 is 52.5 Å². The molecule has 0 saturated carbocycles.